The van der Waals surface area contributed by atoms with E-state index in [2.05, 4.69) is 20.2 Å². The van der Waals surface area contributed by atoms with Crippen molar-refractivity contribution in [3.8, 4) is 11.5 Å². The average Bonchev–Trinajstić information content (AvgIpc) is 3.38. The first-order valence-corrected chi connectivity index (χ1v) is 9.87. The number of aromatic nitrogens is 1. The molecule has 134 valence electrons. The Morgan fingerprint density at radius 1 is 1.12 bits per heavy atom. The summed E-state index contributed by atoms with van der Waals surface area (Å²) < 4.78 is 5.40. The van der Waals surface area contributed by atoms with E-state index >= 15 is 0 Å². The molecule has 0 radical (unpaired) electrons. The summed E-state index contributed by atoms with van der Waals surface area (Å²) in [5.74, 6) is 1.13. The van der Waals surface area contributed by atoms with Gasteiger partial charge in [0.05, 0.1) is 19.4 Å². The summed E-state index contributed by atoms with van der Waals surface area (Å²) in [5, 5.41) is 3.17. The maximum Gasteiger partial charge on any atom is 0.236 e. The number of hydrogen-bond donors (Lipinski definition) is 0. The number of hydrogen-bond acceptors (Lipinski definition) is 6. The van der Waals surface area contributed by atoms with Crippen molar-refractivity contribution >= 4 is 17.2 Å². The smallest absolute Gasteiger partial charge is 0.236 e. The SMILES string of the molecule is O=C(CN1CCN(Cc2nc(-c3ccco3)cs2)CC1)N1CCCC1. The van der Waals surface area contributed by atoms with Crippen LogP contribution in [0.4, 0.5) is 0 Å². The summed E-state index contributed by atoms with van der Waals surface area (Å²) >= 11 is 1.68. The molecule has 0 spiro atoms. The normalized spacial score (nSPS) is 19.6. The summed E-state index contributed by atoms with van der Waals surface area (Å²) in [7, 11) is 0. The highest BCUT2D eigenvalue weighted by Gasteiger charge is 2.23. The van der Waals surface area contributed by atoms with Gasteiger partial charge in [-0.3, -0.25) is 14.6 Å². The van der Waals surface area contributed by atoms with Gasteiger partial charge >= 0.3 is 0 Å². The molecule has 2 saturated heterocycles. The number of piperazine rings is 1. The number of carbonyl (C=O) groups excluding carboxylic acids is 1. The van der Waals surface area contributed by atoms with E-state index in [1.54, 1.807) is 17.6 Å². The quantitative estimate of drug-likeness (QED) is 0.818. The summed E-state index contributed by atoms with van der Waals surface area (Å²) in [4.78, 5) is 23.6. The molecule has 2 aromatic rings. The maximum absolute atomic E-state index is 12.3. The lowest BCUT2D eigenvalue weighted by molar-refractivity contribution is -0.131. The van der Waals surface area contributed by atoms with E-state index in [1.807, 2.05) is 17.0 Å². The second-order valence-electron chi connectivity index (χ2n) is 6.74. The minimum absolute atomic E-state index is 0.300. The molecule has 0 aromatic carbocycles. The fourth-order valence-electron chi connectivity index (χ4n) is 3.48. The van der Waals surface area contributed by atoms with Crippen LogP contribution in [-0.4, -0.2) is 71.4 Å². The molecular weight excluding hydrogens is 336 g/mol. The third-order valence-corrected chi connectivity index (χ3v) is 5.80. The van der Waals surface area contributed by atoms with Crippen LogP contribution in [0.5, 0.6) is 0 Å². The first-order chi connectivity index (χ1) is 12.3. The third kappa shape index (κ3) is 4.11. The minimum Gasteiger partial charge on any atom is -0.463 e. The van der Waals surface area contributed by atoms with Gasteiger partial charge in [-0.1, -0.05) is 0 Å². The van der Waals surface area contributed by atoms with E-state index in [0.29, 0.717) is 12.5 Å². The van der Waals surface area contributed by atoms with E-state index in [4.69, 9.17) is 4.42 Å². The molecule has 2 aliphatic rings. The van der Waals surface area contributed by atoms with Crippen LogP contribution in [0.2, 0.25) is 0 Å². The average molecular weight is 360 g/mol. The van der Waals surface area contributed by atoms with Crippen LogP contribution in [0.1, 0.15) is 17.8 Å². The molecule has 0 bridgehead atoms. The van der Waals surface area contributed by atoms with Crippen molar-refractivity contribution in [2.24, 2.45) is 0 Å². The number of nitrogens with zero attached hydrogens (tertiary/aromatic N) is 4. The van der Waals surface area contributed by atoms with Crippen LogP contribution in [0.3, 0.4) is 0 Å². The van der Waals surface area contributed by atoms with Crippen molar-refractivity contribution in [3.05, 3.63) is 28.8 Å². The van der Waals surface area contributed by atoms with E-state index in [1.165, 1.54) is 0 Å². The molecule has 0 atom stereocenters. The molecular formula is C18H24N4O2S. The molecule has 2 aliphatic heterocycles. The van der Waals surface area contributed by atoms with Crippen LogP contribution in [0, 0.1) is 0 Å². The molecule has 2 aromatic heterocycles. The number of carbonyl (C=O) groups is 1. The van der Waals surface area contributed by atoms with Crippen LogP contribution in [0.25, 0.3) is 11.5 Å². The standard InChI is InChI=1S/C18H24N4O2S/c23-18(22-5-1-2-6-22)13-21-9-7-20(8-10-21)12-17-19-15(14-25-17)16-4-3-11-24-16/h3-4,11,14H,1-2,5-10,12-13H2. The molecule has 25 heavy (non-hydrogen) atoms. The van der Waals surface area contributed by atoms with Gasteiger partial charge in [-0.25, -0.2) is 4.98 Å². The van der Waals surface area contributed by atoms with Gasteiger partial charge in [0.25, 0.3) is 0 Å². The summed E-state index contributed by atoms with van der Waals surface area (Å²) in [6.45, 7) is 7.23. The van der Waals surface area contributed by atoms with Gasteiger partial charge in [-0.05, 0) is 25.0 Å². The monoisotopic (exact) mass is 360 g/mol. The summed E-state index contributed by atoms with van der Waals surface area (Å²) in [6.07, 6.45) is 4.00. The molecule has 2 fully saturated rings. The largest absolute Gasteiger partial charge is 0.463 e. The highest BCUT2D eigenvalue weighted by atomic mass is 32.1. The van der Waals surface area contributed by atoms with Crippen LogP contribution in [-0.2, 0) is 11.3 Å². The van der Waals surface area contributed by atoms with Crippen LogP contribution in [0.15, 0.2) is 28.2 Å². The van der Waals surface area contributed by atoms with Gasteiger partial charge in [0.15, 0.2) is 5.76 Å². The second kappa shape index (κ2) is 7.68. The number of rotatable bonds is 5. The predicted molar refractivity (Wildman–Crippen MR) is 97.3 cm³/mol. The minimum atomic E-state index is 0.300. The zero-order valence-electron chi connectivity index (χ0n) is 14.4. The zero-order chi connectivity index (χ0) is 17.1. The lowest BCUT2D eigenvalue weighted by atomic mass is 10.3. The predicted octanol–water partition coefficient (Wildman–Crippen LogP) is 2.14. The third-order valence-electron chi connectivity index (χ3n) is 4.97. The van der Waals surface area contributed by atoms with Crippen LogP contribution < -0.4 is 0 Å². The van der Waals surface area contributed by atoms with Gasteiger partial charge in [0.2, 0.25) is 5.91 Å². The Morgan fingerprint density at radius 3 is 2.60 bits per heavy atom. The Kier molecular flexibility index (Phi) is 5.14. The van der Waals surface area contributed by atoms with Gasteiger partial charge < -0.3 is 9.32 Å². The lowest BCUT2D eigenvalue weighted by Crippen LogP contribution is -2.49. The van der Waals surface area contributed by atoms with E-state index in [0.717, 1.165) is 75.1 Å². The maximum atomic E-state index is 12.3. The number of thiazole rings is 1. The number of amides is 1. The van der Waals surface area contributed by atoms with Crippen LogP contribution >= 0.6 is 11.3 Å². The van der Waals surface area contributed by atoms with Gasteiger partial charge in [-0.15, -0.1) is 11.3 Å². The van der Waals surface area contributed by atoms with Crippen molar-refractivity contribution in [3.63, 3.8) is 0 Å². The molecule has 0 N–H and O–H groups in total. The van der Waals surface area contributed by atoms with Crippen molar-refractivity contribution in [2.45, 2.75) is 19.4 Å². The molecule has 4 heterocycles. The highest BCUT2D eigenvalue weighted by Crippen LogP contribution is 2.23. The van der Waals surface area contributed by atoms with E-state index < -0.39 is 0 Å². The van der Waals surface area contributed by atoms with Crippen molar-refractivity contribution in [2.75, 3.05) is 45.8 Å². The fraction of sp³-hybridized carbons (Fsp3) is 0.556. The number of furan rings is 1. The Bertz CT molecular complexity index is 686. The summed E-state index contributed by atoms with van der Waals surface area (Å²) in [5.41, 5.74) is 0.917. The molecule has 1 amide bonds. The molecule has 0 saturated carbocycles. The number of likely N-dealkylation sites (tertiary alicyclic amines) is 1. The Labute approximate surface area is 152 Å². The molecule has 6 nitrogen and oxygen atoms in total. The Hall–Kier alpha value is -1.70. The van der Waals surface area contributed by atoms with Crippen molar-refractivity contribution in [1.82, 2.24) is 19.7 Å². The summed E-state index contributed by atoms with van der Waals surface area (Å²) in [6, 6.07) is 3.83. The van der Waals surface area contributed by atoms with E-state index in [-0.39, 0.29) is 0 Å². The zero-order valence-corrected chi connectivity index (χ0v) is 15.2. The van der Waals surface area contributed by atoms with Crippen molar-refractivity contribution < 1.29 is 9.21 Å². The Balaban J connectivity index is 1.24. The Morgan fingerprint density at radius 2 is 1.88 bits per heavy atom. The van der Waals surface area contributed by atoms with Gasteiger partial charge in [0, 0.05) is 44.6 Å². The first kappa shape index (κ1) is 16.8. The first-order valence-electron chi connectivity index (χ1n) is 8.99. The molecule has 4 rings (SSSR count). The highest BCUT2D eigenvalue weighted by molar-refractivity contribution is 7.09. The fourth-order valence-corrected chi connectivity index (χ4v) is 4.30. The van der Waals surface area contributed by atoms with Gasteiger partial charge in [-0.2, -0.15) is 0 Å². The topological polar surface area (TPSA) is 52.8 Å². The van der Waals surface area contributed by atoms with Gasteiger partial charge in [0.1, 0.15) is 10.7 Å². The second-order valence-corrected chi connectivity index (χ2v) is 7.69. The molecule has 0 aliphatic carbocycles. The van der Waals surface area contributed by atoms with E-state index in [9.17, 15) is 4.79 Å². The molecule has 7 heteroatoms. The lowest BCUT2D eigenvalue weighted by Gasteiger charge is -2.34. The van der Waals surface area contributed by atoms with Crippen molar-refractivity contribution in [1.29, 1.82) is 0 Å². The molecule has 0 unspecified atom stereocenters.